The zero-order valence-electron chi connectivity index (χ0n) is 14.7. The van der Waals surface area contributed by atoms with Gasteiger partial charge in [0.15, 0.2) is 0 Å². The molecule has 0 spiro atoms. The first kappa shape index (κ1) is 17.1. The summed E-state index contributed by atoms with van der Waals surface area (Å²) >= 11 is 1.67. The fraction of sp³-hybridized carbons (Fsp3) is 0.474. The molecule has 0 bridgehead atoms. The Morgan fingerprint density at radius 1 is 1.29 bits per heavy atom. The molecular formula is C19H25N3OS. The Hall–Kier alpha value is -1.72. The summed E-state index contributed by atoms with van der Waals surface area (Å²) in [6.45, 7) is 7.33. The maximum Gasteiger partial charge on any atom is 0.239 e. The number of carbonyl (C=O) groups is 1. The molecule has 0 unspecified atom stereocenters. The van der Waals surface area contributed by atoms with Crippen LogP contribution in [0.4, 0.5) is 0 Å². The van der Waals surface area contributed by atoms with Gasteiger partial charge in [-0.15, -0.1) is 11.3 Å². The van der Waals surface area contributed by atoms with Crippen LogP contribution in [0.2, 0.25) is 0 Å². The SMILES string of the molecule is CN1CC[C@H](N[C@@H](c2ccccc2)c2nc(C(C)(C)C)cs2)C1=O. The van der Waals surface area contributed by atoms with E-state index in [0.717, 1.165) is 29.2 Å². The van der Waals surface area contributed by atoms with Crippen LogP contribution in [0.5, 0.6) is 0 Å². The molecule has 1 fully saturated rings. The molecule has 0 radical (unpaired) electrons. The van der Waals surface area contributed by atoms with E-state index in [0.29, 0.717) is 0 Å². The second-order valence-electron chi connectivity index (χ2n) is 7.43. The number of amides is 1. The zero-order chi connectivity index (χ0) is 17.3. The highest BCUT2D eigenvalue weighted by Crippen LogP contribution is 2.31. The second kappa shape index (κ2) is 6.65. The predicted molar refractivity (Wildman–Crippen MR) is 98.3 cm³/mol. The van der Waals surface area contributed by atoms with Crippen molar-refractivity contribution in [1.82, 2.24) is 15.2 Å². The number of hydrogen-bond donors (Lipinski definition) is 1. The maximum atomic E-state index is 12.3. The van der Waals surface area contributed by atoms with E-state index in [2.05, 4.69) is 43.6 Å². The minimum absolute atomic E-state index is 0.0272. The van der Waals surface area contributed by atoms with Crippen LogP contribution in [0.15, 0.2) is 35.7 Å². The average molecular weight is 343 g/mol. The molecule has 2 aromatic rings. The molecule has 3 rings (SSSR count). The number of likely N-dealkylation sites (N-methyl/N-ethyl adjacent to an activating group) is 1. The van der Waals surface area contributed by atoms with E-state index >= 15 is 0 Å². The summed E-state index contributed by atoms with van der Waals surface area (Å²) < 4.78 is 0. The van der Waals surface area contributed by atoms with Gasteiger partial charge in [-0.25, -0.2) is 4.98 Å². The van der Waals surface area contributed by atoms with E-state index in [9.17, 15) is 4.79 Å². The van der Waals surface area contributed by atoms with Crippen LogP contribution in [0.1, 0.15) is 49.5 Å². The summed E-state index contributed by atoms with van der Waals surface area (Å²) in [6.07, 6.45) is 0.843. The Balaban J connectivity index is 1.91. The van der Waals surface area contributed by atoms with Gasteiger partial charge in [-0.05, 0) is 12.0 Å². The lowest BCUT2D eigenvalue weighted by Gasteiger charge is -2.21. The molecular weight excluding hydrogens is 318 g/mol. The molecule has 128 valence electrons. The van der Waals surface area contributed by atoms with Gasteiger partial charge in [0.2, 0.25) is 5.91 Å². The average Bonchev–Trinajstić information content (AvgIpc) is 3.15. The maximum absolute atomic E-state index is 12.3. The minimum Gasteiger partial charge on any atom is -0.344 e. The monoisotopic (exact) mass is 343 g/mol. The van der Waals surface area contributed by atoms with Gasteiger partial charge in [0, 0.05) is 24.4 Å². The summed E-state index contributed by atoms with van der Waals surface area (Å²) in [5, 5.41) is 6.71. The van der Waals surface area contributed by atoms with Crippen molar-refractivity contribution in [3.63, 3.8) is 0 Å². The van der Waals surface area contributed by atoms with Gasteiger partial charge in [0.05, 0.1) is 17.8 Å². The number of aromatic nitrogens is 1. The molecule has 1 aromatic carbocycles. The molecule has 1 aliphatic rings. The Morgan fingerprint density at radius 2 is 2.00 bits per heavy atom. The molecule has 0 saturated carbocycles. The molecule has 1 amide bonds. The number of hydrogen-bond acceptors (Lipinski definition) is 4. The number of nitrogens with zero attached hydrogens (tertiary/aromatic N) is 2. The van der Waals surface area contributed by atoms with E-state index in [1.165, 1.54) is 0 Å². The lowest BCUT2D eigenvalue weighted by atomic mass is 9.93. The fourth-order valence-corrected chi connectivity index (χ4v) is 4.03. The Kier molecular flexibility index (Phi) is 4.74. The summed E-state index contributed by atoms with van der Waals surface area (Å²) in [4.78, 5) is 19.0. The van der Waals surface area contributed by atoms with E-state index in [-0.39, 0.29) is 23.4 Å². The molecule has 2 atom stereocenters. The van der Waals surface area contributed by atoms with Gasteiger partial charge in [-0.1, -0.05) is 51.1 Å². The van der Waals surface area contributed by atoms with Crippen LogP contribution in [0, 0.1) is 0 Å². The smallest absolute Gasteiger partial charge is 0.239 e. The Labute approximate surface area is 147 Å². The Morgan fingerprint density at radius 3 is 2.54 bits per heavy atom. The summed E-state index contributed by atoms with van der Waals surface area (Å²) in [7, 11) is 1.86. The largest absolute Gasteiger partial charge is 0.344 e. The van der Waals surface area contributed by atoms with Crippen LogP contribution >= 0.6 is 11.3 Å². The van der Waals surface area contributed by atoms with Crippen LogP contribution in [-0.2, 0) is 10.2 Å². The highest BCUT2D eigenvalue weighted by Gasteiger charge is 2.32. The van der Waals surface area contributed by atoms with Crippen molar-refractivity contribution in [2.45, 2.75) is 44.7 Å². The molecule has 5 heteroatoms. The lowest BCUT2D eigenvalue weighted by molar-refractivity contribution is -0.128. The van der Waals surface area contributed by atoms with Crippen molar-refractivity contribution in [3.8, 4) is 0 Å². The van der Waals surface area contributed by atoms with E-state index in [4.69, 9.17) is 4.98 Å². The quantitative estimate of drug-likeness (QED) is 0.926. The topological polar surface area (TPSA) is 45.2 Å². The molecule has 4 nitrogen and oxygen atoms in total. The first-order valence-electron chi connectivity index (χ1n) is 8.38. The molecule has 0 aliphatic carbocycles. The predicted octanol–water partition coefficient (Wildman–Crippen LogP) is 3.35. The van der Waals surface area contributed by atoms with Crippen molar-refractivity contribution >= 4 is 17.2 Å². The van der Waals surface area contributed by atoms with Gasteiger partial charge in [-0.2, -0.15) is 0 Å². The molecule has 1 aromatic heterocycles. The molecule has 1 aliphatic heterocycles. The standard InChI is InChI=1S/C19H25N3OS/c1-19(2,3)15-12-24-17(21-15)16(13-8-6-5-7-9-13)20-14-10-11-22(4)18(14)23/h5-9,12,14,16,20H,10-11H2,1-4H3/t14-,16-/m0/s1. The zero-order valence-corrected chi connectivity index (χ0v) is 15.6. The van der Waals surface area contributed by atoms with Gasteiger partial charge < -0.3 is 4.90 Å². The Bertz CT molecular complexity index is 705. The van der Waals surface area contributed by atoms with E-state index < -0.39 is 0 Å². The number of carbonyl (C=O) groups excluding carboxylic acids is 1. The van der Waals surface area contributed by atoms with Crippen molar-refractivity contribution in [2.75, 3.05) is 13.6 Å². The van der Waals surface area contributed by atoms with Gasteiger partial charge in [-0.3, -0.25) is 10.1 Å². The summed E-state index contributed by atoms with van der Waals surface area (Å²) in [6, 6.07) is 10.1. The van der Waals surface area contributed by atoms with Crippen molar-refractivity contribution in [3.05, 3.63) is 52.0 Å². The highest BCUT2D eigenvalue weighted by atomic mass is 32.1. The van der Waals surface area contributed by atoms with Crippen molar-refractivity contribution in [1.29, 1.82) is 0 Å². The van der Waals surface area contributed by atoms with E-state index in [1.54, 1.807) is 16.2 Å². The minimum atomic E-state index is -0.137. The first-order chi connectivity index (χ1) is 11.4. The number of likely N-dealkylation sites (tertiary alicyclic amines) is 1. The lowest BCUT2D eigenvalue weighted by Crippen LogP contribution is -2.39. The second-order valence-corrected chi connectivity index (χ2v) is 8.32. The number of nitrogens with one attached hydrogen (secondary N) is 1. The van der Waals surface area contributed by atoms with Gasteiger partial charge in [0.25, 0.3) is 0 Å². The fourth-order valence-electron chi connectivity index (χ4n) is 2.90. The number of rotatable bonds is 4. The number of thiazole rings is 1. The van der Waals surface area contributed by atoms with Crippen LogP contribution < -0.4 is 5.32 Å². The van der Waals surface area contributed by atoms with Crippen LogP contribution in [0.25, 0.3) is 0 Å². The van der Waals surface area contributed by atoms with E-state index in [1.807, 2.05) is 25.2 Å². The van der Waals surface area contributed by atoms with Crippen LogP contribution in [0.3, 0.4) is 0 Å². The molecule has 24 heavy (non-hydrogen) atoms. The van der Waals surface area contributed by atoms with Gasteiger partial charge >= 0.3 is 0 Å². The highest BCUT2D eigenvalue weighted by molar-refractivity contribution is 7.09. The first-order valence-corrected chi connectivity index (χ1v) is 9.26. The third kappa shape index (κ3) is 3.52. The van der Waals surface area contributed by atoms with Crippen molar-refractivity contribution in [2.24, 2.45) is 0 Å². The third-order valence-electron chi connectivity index (χ3n) is 4.47. The molecule has 1 N–H and O–H groups in total. The molecule has 1 saturated heterocycles. The van der Waals surface area contributed by atoms with Crippen molar-refractivity contribution < 1.29 is 4.79 Å². The van der Waals surface area contributed by atoms with Crippen LogP contribution in [-0.4, -0.2) is 35.4 Å². The number of benzene rings is 1. The molecule has 2 heterocycles. The van der Waals surface area contributed by atoms with Gasteiger partial charge in [0.1, 0.15) is 5.01 Å². The third-order valence-corrected chi connectivity index (χ3v) is 5.38. The summed E-state index contributed by atoms with van der Waals surface area (Å²) in [5.74, 6) is 0.170. The normalized spacial score (nSPS) is 19.8. The summed E-state index contributed by atoms with van der Waals surface area (Å²) in [5.41, 5.74) is 2.27.